The van der Waals surface area contributed by atoms with Gasteiger partial charge in [-0.15, -0.1) is 0 Å². The summed E-state index contributed by atoms with van der Waals surface area (Å²) in [7, 11) is 2.20. The van der Waals surface area contributed by atoms with E-state index in [4.69, 9.17) is 4.18 Å². The van der Waals surface area contributed by atoms with Gasteiger partial charge in [-0.1, -0.05) is 0 Å². The van der Waals surface area contributed by atoms with Gasteiger partial charge in [-0.3, -0.25) is 4.79 Å². The van der Waals surface area contributed by atoms with Crippen LogP contribution in [0.2, 0.25) is 0 Å². The van der Waals surface area contributed by atoms with Gasteiger partial charge in [0.25, 0.3) is 5.91 Å². The lowest BCUT2D eigenvalue weighted by Crippen LogP contribution is -2.31. The fraction of sp³-hybridized carbons (Fsp3) is 0.500. The van der Waals surface area contributed by atoms with Gasteiger partial charge in [0.2, 0.25) is 5.88 Å². The Kier molecular flexibility index (Phi) is 4.06. The highest BCUT2D eigenvalue weighted by Crippen LogP contribution is 2.30. The standard InChI is InChI=1S/C12H18N4O4S/c1-14(2)21(18,19)20-11-10-9(5-6-13-11)15(3)7-8-16(4)12(10)17/h5-6H,7-8H2,1-4H3. The highest BCUT2D eigenvalue weighted by atomic mass is 32.2. The van der Waals surface area contributed by atoms with Crippen molar-refractivity contribution in [3.8, 4) is 5.88 Å². The molecule has 21 heavy (non-hydrogen) atoms. The molecule has 0 aromatic carbocycles. The van der Waals surface area contributed by atoms with Gasteiger partial charge in [0, 0.05) is 47.5 Å². The molecule has 9 heteroatoms. The molecular formula is C12H18N4O4S. The van der Waals surface area contributed by atoms with E-state index in [1.807, 2.05) is 11.9 Å². The maximum absolute atomic E-state index is 12.4. The number of amides is 1. The van der Waals surface area contributed by atoms with Crippen LogP contribution in [0.15, 0.2) is 12.3 Å². The van der Waals surface area contributed by atoms with Crippen LogP contribution in [0.4, 0.5) is 5.69 Å². The number of hydrogen-bond donors (Lipinski definition) is 0. The Labute approximate surface area is 124 Å². The van der Waals surface area contributed by atoms with Crippen LogP contribution in [0.1, 0.15) is 10.4 Å². The normalized spacial score (nSPS) is 16.0. The van der Waals surface area contributed by atoms with Crippen molar-refractivity contribution in [3.63, 3.8) is 0 Å². The summed E-state index contributed by atoms with van der Waals surface area (Å²) in [5.41, 5.74) is 0.758. The molecule has 2 rings (SSSR count). The molecule has 0 unspecified atom stereocenters. The number of carbonyl (C=O) groups is 1. The van der Waals surface area contributed by atoms with Crippen molar-refractivity contribution in [3.05, 3.63) is 17.8 Å². The third-order valence-corrected chi connectivity index (χ3v) is 4.53. The molecule has 0 radical (unpaired) electrons. The summed E-state index contributed by atoms with van der Waals surface area (Å²) < 4.78 is 29.6. The SMILES string of the molecule is CN1CCN(C)c2ccnc(OS(=O)(=O)N(C)C)c2C1=O. The van der Waals surface area contributed by atoms with Crippen molar-refractivity contribution in [2.24, 2.45) is 0 Å². The number of aromatic nitrogens is 1. The summed E-state index contributed by atoms with van der Waals surface area (Å²) in [6.45, 7) is 1.17. The van der Waals surface area contributed by atoms with Crippen molar-refractivity contribution in [2.75, 3.05) is 46.2 Å². The first kappa shape index (κ1) is 15.5. The average molecular weight is 314 g/mol. The van der Waals surface area contributed by atoms with Gasteiger partial charge in [0.15, 0.2) is 0 Å². The van der Waals surface area contributed by atoms with Crippen molar-refractivity contribution < 1.29 is 17.4 Å². The molecule has 1 aliphatic rings. The van der Waals surface area contributed by atoms with E-state index in [1.165, 1.54) is 25.2 Å². The van der Waals surface area contributed by atoms with Gasteiger partial charge in [-0.25, -0.2) is 4.98 Å². The molecule has 0 spiro atoms. The lowest BCUT2D eigenvalue weighted by molar-refractivity contribution is 0.0802. The smallest absolute Gasteiger partial charge is 0.372 e. The molecule has 0 saturated carbocycles. The zero-order chi connectivity index (χ0) is 15.8. The second kappa shape index (κ2) is 5.49. The number of anilines is 1. The summed E-state index contributed by atoms with van der Waals surface area (Å²) >= 11 is 0. The van der Waals surface area contributed by atoms with Gasteiger partial charge in [-0.05, 0) is 6.07 Å². The second-order valence-electron chi connectivity index (χ2n) is 4.98. The summed E-state index contributed by atoms with van der Waals surface area (Å²) in [6, 6.07) is 1.67. The lowest BCUT2D eigenvalue weighted by Gasteiger charge is -2.19. The Morgan fingerprint density at radius 3 is 2.48 bits per heavy atom. The van der Waals surface area contributed by atoms with Crippen LogP contribution < -0.4 is 9.08 Å². The van der Waals surface area contributed by atoms with E-state index in [1.54, 1.807) is 13.1 Å². The molecule has 1 aromatic heterocycles. The van der Waals surface area contributed by atoms with E-state index in [9.17, 15) is 13.2 Å². The first-order valence-electron chi connectivity index (χ1n) is 6.31. The molecule has 2 heterocycles. The predicted octanol–water partition coefficient (Wildman–Crippen LogP) is -0.211. The van der Waals surface area contributed by atoms with E-state index in [-0.39, 0.29) is 17.4 Å². The number of likely N-dealkylation sites (N-methyl/N-ethyl adjacent to an activating group) is 2. The summed E-state index contributed by atoms with van der Waals surface area (Å²) in [4.78, 5) is 19.7. The minimum atomic E-state index is -3.97. The summed E-state index contributed by atoms with van der Waals surface area (Å²) in [5.74, 6) is -0.516. The number of rotatable bonds is 3. The highest BCUT2D eigenvalue weighted by molar-refractivity contribution is 7.84. The van der Waals surface area contributed by atoms with Crippen LogP contribution in [0.3, 0.4) is 0 Å². The van der Waals surface area contributed by atoms with Crippen molar-refractivity contribution in [1.29, 1.82) is 0 Å². The lowest BCUT2D eigenvalue weighted by atomic mass is 10.2. The maximum atomic E-state index is 12.4. The first-order valence-corrected chi connectivity index (χ1v) is 7.68. The number of pyridine rings is 1. The Bertz CT molecular complexity index is 659. The molecule has 1 amide bonds. The monoisotopic (exact) mass is 314 g/mol. The molecule has 116 valence electrons. The molecule has 0 fully saturated rings. The van der Waals surface area contributed by atoms with Crippen LogP contribution in [0.5, 0.6) is 5.88 Å². The van der Waals surface area contributed by atoms with Crippen LogP contribution in [-0.4, -0.2) is 69.8 Å². The topological polar surface area (TPSA) is 83.1 Å². The Morgan fingerprint density at radius 1 is 1.24 bits per heavy atom. The molecule has 0 N–H and O–H groups in total. The van der Waals surface area contributed by atoms with Crippen molar-refractivity contribution >= 4 is 21.9 Å². The third kappa shape index (κ3) is 2.93. The van der Waals surface area contributed by atoms with Crippen molar-refractivity contribution in [2.45, 2.75) is 0 Å². The molecule has 8 nitrogen and oxygen atoms in total. The van der Waals surface area contributed by atoms with E-state index < -0.39 is 10.3 Å². The van der Waals surface area contributed by atoms with Crippen LogP contribution in [0, 0.1) is 0 Å². The predicted molar refractivity (Wildman–Crippen MR) is 77.7 cm³/mol. The van der Waals surface area contributed by atoms with E-state index in [0.29, 0.717) is 18.8 Å². The van der Waals surface area contributed by atoms with Gasteiger partial charge in [-0.2, -0.15) is 12.7 Å². The maximum Gasteiger partial charge on any atom is 0.386 e. The quantitative estimate of drug-likeness (QED) is 0.767. The van der Waals surface area contributed by atoms with Crippen LogP contribution in [-0.2, 0) is 10.3 Å². The van der Waals surface area contributed by atoms with Crippen LogP contribution in [0.25, 0.3) is 0 Å². The molecule has 0 bridgehead atoms. The van der Waals surface area contributed by atoms with Crippen LogP contribution >= 0.6 is 0 Å². The van der Waals surface area contributed by atoms with E-state index in [2.05, 4.69) is 4.98 Å². The number of fused-ring (bicyclic) bond motifs is 1. The molecular weight excluding hydrogens is 296 g/mol. The average Bonchev–Trinajstić information content (AvgIpc) is 2.52. The Balaban J connectivity index is 2.55. The fourth-order valence-corrected chi connectivity index (χ4v) is 2.38. The van der Waals surface area contributed by atoms with Gasteiger partial charge < -0.3 is 14.0 Å². The second-order valence-corrected chi connectivity index (χ2v) is 6.73. The Hall–Kier alpha value is -1.87. The van der Waals surface area contributed by atoms with E-state index in [0.717, 1.165) is 4.31 Å². The van der Waals surface area contributed by atoms with Crippen molar-refractivity contribution in [1.82, 2.24) is 14.2 Å². The summed E-state index contributed by atoms with van der Waals surface area (Å²) in [6.07, 6.45) is 1.43. The van der Waals surface area contributed by atoms with Gasteiger partial charge in [0.1, 0.15) is 5.56 Å². The zero-order valence-corrected chi connectivity index (χ0v) is 13.2. The van der Waals surface area contributed by atoms with Gasteiger partial charge >= 0.3 is 10.3 Å². The zero-order valence-electron chi connectivity index (χ0n) is 12.4. The van der Waals surface area contributed by atoms with Gasteiger partial charge in [0.05, 0.1) is 5.69 Å². The number of hydrogen-bond acceptors (Lipinski definition) is 6. The largest absolute Gasteiger partial charge is 0.386 e. The Morgan fingerprint density at radius 2 is 1.86 bits per heavy atom. The van der Waals surface area contributed by atoms with E-state index >= 15 is 0 Å². The highest BCUT2D eigenvalue weighted by Gasteiger charge is 2.30. The fourth-order valence-electron chi connectivity index (χ4n) is 1.90. The number of nitrogens with zero attached hydrogens (tertiary/aromatic N) is 4. The first-order chi connectivity index (χ1) is 9.74. The summed E-state index contributed by atoms with van der Waals surface area (Å²) in [5, 5.41) is 0. The third-order valence-electron chi connectivity index (χ3n) is 3.27. The molecule has 1 aromatic rings. The minimum absolute atomic E-state index is 0.158. The number of carbonyl (C=O) groups excluding carboxylic acids is 1. The molecule has 0 saturated heterocycles. The molecule has 1 aliphatic heterocycles. The molecule has 0 atom stereocenters. The minimum Gasteiger partial charge on any atom is -0.372 e. The molecule has 0 aliphatic carbocycles.